The van der Waals surface area contributed by atoms with Crippen LogP contribution in [0.5, 0.6) is 11.5 Å². The van der Waals surface area contributed by atoms with Gasteiger partial charge >= 0.3 is 0 Å². The van der Waals surface area contributed by atoms with E-state index in [1.165, 1.54) is 14.2 Å². The average molecular weight is 409 g/mol. The Morgan fingerprint density at radius 1 is 0.762 bits per heavy atom. The smallest absolute Gasteiger partial charge is 0.174 e. The zero-order chi connectivity index (χ0) is 15.8. The van der Waals surface area contributed by atoms with Crippen molar-refractivity contribution < 1.29 is 9.47 Å². The van der Waals surface area contributed by atoms with Crippen LogP contribution in [0.25, 0.3) is 0 Å². The van der Waals surface area contributed by atoms with Crippen molar-refractivity contribution in [3.63, 3.8) is 0 Å². The molecule has 2 atom stereocenters. The SMILES string of the molecule is COc1ccc(OC)c2c1[C@@]1(Cl)C(Cl)=C(Cl)[C@@]2(Cl)C1(Cl)Cl. The zero-order valence-corrected chi connectivity index (χ0v) is 15.3. The molecule has 2 bridgehead atoms. The van der Waals surface area contributed by atoms with Crippen LogP contribution in [0.3, 0.4) is 0 Å². The van der Waals surface area contributed by atoms with Crippen molar-refractivity contribution in [1.82, 2.24) is 0 Å². The van der Waals surface area contributed by atoms with Gasteiger partial charge in [0.25, 0.3) is 0 Å². The molecule has 0 unspecified atom stereocenters. The fourth-order valence-corrected chi connectivity index (χ4v) is 5.64. The van der Waals surface area contributed by atoms with Crippen LogP contribution in [0.4, 0.5) is 0 Å². The van der Waals surface area contributed by atoms with Gasteiger partial charge in [-0.3, -0.25) is 0 Å². The van der Waals surface area contributed by atoms with Crippen LogP contribution in [-0.2, 0) is 9.75 Å². The summed E-state index contributed by atoms with van der Waals surface area (Å²) in [5, 5.41) is 0.176. The van der Waals surface area contributed by atoms with Crippen LogP contribution < -0.4 is 9.47 Å². The third kappa shape index (κ3) is 1.50. The predicted molar refractivity (Wildman–Crippen MR) is 87.8 cm³/mol. The van der Waals surface area contributed by atoms with E-state index < -0.39 is 14.1 Å². The summed E-state index contributed by atoms with van der Waals surface area (Å²) in [6.07, 6.45) is 0. The molecular formula is C13H8Cl6O2. The summed E-state index contributed by atoms with van der Waals surface area (Å²) in [5.74, 6) is 0.910. The summed E-state index contributed by atoms with van der Waals surface area (Å²) in [6.45, 7) is 0. The van der Waals surface area contributed by atoms with Gasteiger partial charge in [-0.05, 0) is 12.1 Å². The standard InChI is InChI=1S/C13H8Cl6O2/c1-20-5-3-4-6(21-2)8-7(5)11(16)9(14)10(15)12(8,17)13(11,18)19/h3-4H,1-2H3/t11-,12-/m1/s1. The first-order valence-electron chi connectivity index (χ1n) is 5.77. The Labute approximate surface area is 151 Å². The molecule has 1 aromatic carbocycles. The highest BCUT2D eigenvalue weighted by Gasteiger charge is 2.79. The number of ether oxygens (including phenoxy) is 2. The van der Waals surface area contributed by atoms with Crippen LogP contribution >= 0.6 is 69.6 Å². The zero-order valence-electron chi connectivity index (χ0n) is 10.7. The van der Waals surface area contributed by atoms with E-state index in [9.17, 15) is 0 Å². The van der Waals surface area contributed by atoms with Gasteiger partial charge < -0.3 is 9.47 Å². The number of hydrogen-bond acceptors (Lipinski definition) is 2. The molecule has 0 saturated carbocycles. The van der Waals surface area contributed by atoms with Crippen LogP contribution in [0.1, 0.15) is 11.1 Å². The van der Waals surface area contributed by atoms with Crippen molar-refractivity contribution in [2.24, 2.45) is 0 Å². The number of halogens is 6. The van der Waals surface area contributed by atoms with Crippen molar-refractivity contribution in [2.45, 2.75) is 14.1 Å². The van der Waals surface area contributed by atoms with Gasteiger partial charge in [0, 0.05) is 11.1 Å². The van der Waals surface area contributed by atoms with Gasteiger partial charge in [-0.25, -0.2) is 0 Å². The summed E-state index contributed by atoms with van der Waals surface area (Å²) >= 11 is 39.0. The molecule has 0 saturated heterocycles. The Morgan fingerprint density at radius 3 is 1.38 bits per heavy atom. The molecule has 8 heteroatoms. The number of hydrogen-bond donors (Lipinski definition) is 0. The Kier molecular flexibility index (Phi) is 3.58. The molecule has 0 aliphatic heterocycles. The first kappa shape index (κ1) is 16.2. The van der Waals surface area contributed by atoms with Gasteiger partial charge in [0.1, 0.15) is 21.2 Å². The number of rotatable bonds is 2. The largest absolute Gasteiger partial charge is 0.496 e. The fourth-order valence-electron chi connectivity index (χ4n) is 2.94. The second-order valence-corrected chi connectivity index (χ2v) is 7.96. The van der Waals surface area contributed by atoms with E-state index in [1.807, 2.05) is 0 Å². The highest BCUT2D eigenvalue weighted by molar-refractivity contribution is 6.65. The van der Waals surface area contributed by atoms with Gasteiger partial charge in [0.05, 0.1) is 24.3 Å². The van der Waals surface area contributed by atoms with E-state index in [4.69, 9.17) is 79.1 Å². The summed E-state index contributed by atoms with van der Waals surface area (Å²) in [7, 11) is 3.00. The van der Waals surface area contributed by atoms with Crippen LogP contribution in [-0.4, -0.2) is 18.6 Å². The maximum atomic E-state index is 6.71. The number of fused-ring (bicyclic) bond motifs is 5. The van der Waals surface area contributed by atoms with Gasteiger partial charge in [0.2, 0.25) is 0 Å². The van der Waals surface area contributed by atoms with E-state index in [0.29, 0.717) is 22.6 Å². The second kappa shape index (κ2) is 4.66. The van der Waals surface area contributed by atoms with Crippen LogP contribution in [0, 0.1) is 0 Å². The maximum absolute atomic E-state index is 6.71. The third-order valence-electron chi connectivity index (χ3n) is 3.92. The highest BCUT2D eigenvalue weighted by atomic mass is 35.5. The molecule has 1 aromatic rings. The van der Waals surface area contributed by atoms with Crippen molar-refractivity contribution in [1.29, 1.82) is 0 Å². The average Bonchev–Trinajstić information content (AvgIpc) is 2.67. The summed E-state index contributed by atoms with van der Waals surface area (Å²) in [6, 6.07) is 3.37. The molecule has 0 N–H and O–H groups in total. The molecule has 0 radical (unpaired) electrons. The summed E-state index contributed by atoms with van der Waals surface area (Å²) in [5.41, 5.74) is 0.945. The fraction of sp³-hybridized carbons (Fsp3) is 0.385. The maximum Gasteiger partial charge on any atom is 0.174 e. The van der Waals surface area contributed by atoms with E-state index in [2.05, 4.69) is 0 Å². The topological polar surface area (TPSA) is 18.5 Å². The van der Waals surface area contributed by atoms with Crippen molar-refractivity contribution >= 4 is 69.6 Å². The molecule has 0 fully saturated rings. The van der Waals surface area contributed by atoms with Gasteiger partial charge in [-0.15, -0.1) is 23.2 Å². The Hall–Kier alpha value is 0.300. The quantitative estimate of drug-likeness (QED) is 0.605. The van der Waals surface area contributed by atoms with E-state index in [1.54, 1.807) is 12.1 Å². The minimum atomic E-state index is -1.69. The molecule has 0 amide bonds. The lowest BCUT2D eigenvalue weighted by molar-refractivity contribution is 0.394. The summed E-state index contributed by atoms with van der Waals surface area (Å²) < 4.78 is 9.02. The number of allylic oxidation sites excluding steroid dienone is 2. The van der Waals surface area contributed by atoms with E-state index in [0.717, 1.165) is 0 Å². The first-order chi connectivity index (χ1) is 9.69. The lowest BCUT2D eigenvalue weighted by Crippen LogP contribution is -2.39. The van der Waals surface area contributed by atoms with Gasteiger partial charge in [-0.2, -0.15) is 0 Å². The molecule has 2 aliphatic rings. The Balaban J connectivity index is 2.51. The lowest BCUT2D eigenvalue weighted by Gasteiger charge is -2.31. The van der Waals surface area contributed by atoms with Gasteiger partial charge in [0.15, 0.2) is 4.33 Å². The normalized spacial score (nSPS) is 32.4. The molecule has 2 nitrogen and oxygen atoms in total. The molecule has 0 spiro atoms. The predicted octanol–water partition coefficient (Wildman–Crippen LogP) is 5.46. The Morgan fingerprint density at radius 2 is 1.10 bits per heavy atom. The van der Waals surface area contributed by atoms with Crippen molar-refractivity contribution in [3.05, 3.63) is 33.3 Å². The van der Waals surface area contributed by atoms with Crippen LogP contribution in [0.2, 0.25) is 0 Å². The van der Waals surface area contributed by atoms with Crippen LogP contribution in [0.15, 0.2) is 22.2 Å². The monoisotopic (exact) mass is 406 g/mol. The van der Waals surface area contributed by atoms with Crippen molar-refractivity contribution in [2.75, 3.05) is 14.2 Å². The number of benzene rings is 1. The summed E-state index contributed by atoms with van der Waals surface area (Å²) in [4.78, 5) is -3.02. The number of methoxy groups -OCH3 is 2. The molecule has 2 aliphatic carbocycles. The highest BCUT2D eigenvalue weighted by Crippen LogP contribution is 2.79. The molecule has 3 rings (SSSR count). The minimum Gasteiger partial charge on any atom is -0.496 e. The van der Waals surface area contributed by atoms with Crippen molar-refractivity contribution in [3.8, 4) is 11.5 Å². The lowest BCUT2D eigenvalue weighted by atomic mass is 9.93. The minimum absolute atomic E-state index is 0.0879. The third-order valence-corrected chi connectivity index (χ3v) is 8.00. The Bertz CT molecular complexity index is 630. The van der Waals surface area contributed by atoms with E-state index in [-0.39, 0.29) is 10.1 Å². The molecule has 21 heavy (non-hydrogen) atoms. The second-order valence-electron chi connectivity index (χ2n) is 4.74. The molecule has 0 aromatic heterocycles. The first-order valence-corrected chi connectivity index (χ1v) is 8.04. The molecular weight excluding hydrogens is 401 g/mol. The molecule has 0 heterocycles. The molecule has 114 valence electrons. The number of alkyl halides is 4. The van der Waals surface area contributed by atoms with Gasteiger partial charge in [-0.1, -0.05) is 46.4 Å². The van der Waals surface area contributed by atoms with E-state index >= 15 is 0 Å².